The molecule has 2 heterocycles. The fourth-order valence-corrected chi connectivity index (χ4v) is 8.12. The van der Waals surface area contributed by atoms with Crippen LogP contribution in [0.25, 0.3) is 10.8 Å². The van der Waals surface area contributed by atoms with E-state index >= 15 is 0 Å². The smallest absolute Gasteiger partial charge is 0.323 e. The molecule has 1 fully saturated rings. The van der Waals surface area contributed by atoms with E-state index in [1.54, 1.807) is 37.6 Å². The van der Waals surface area contributed by atoms with Crippen molar-refractivity contribution in [2.24, 2.45) is 5.73 Å². The summed E-state index contributed by atoms with van der Waals surface area (Å²) in [5.41, 5.74) is 9.82. The van der Waals surface area contributed by atoms with E-state index in [-0.39, 0.29) is 17.7 Å². The summed E-state index contributed by atoms with van der Waals surface area (Å²) < 4.78 is 29.2. The Hall–Kier alpha value is -5.99. The highest BCUT2D eigenvalue weighted by Crippen LogP contribution is 2.37. The number of hydrogen-bond acceptors (Lipinski definition) is 9. The molecule has 4 aromatic carbocycles. The molecule has 5 aromatic rings. The number of carbonyl (C=O) groups excluding carboxylic acids is 3. The van der Waals surface area contributed by atoms with E-state index in [9.17, 15) is 18.6 Å². The van der Waals surface area contributed by atoms with Gasteiger partial charge < -0.3 is 40.8 Å². The number of fused-ring (bicyclic) bond motifs is 1. The Morgan fingerprint density at radius 1 is 0.864 bits per heavy atom. The molecule has 4 amide bonds. The number of urea groups is 1. The van der Waals surface area contributed by atoms with Gasteiger partial charge in [0.2, 0.25) is 5.91 Å². The number of hydrogen-bond donors (Lipinski definition) is 4. The molecule has 1 aromatic heterocycles. The van der Waals surface area contributed by atoms with Crippen molar-refractivity contribution in [2.45, 2.75) is 45.4 Å². The molecule has 1 saturated heterocycles. The van der Waals surface area contributed by atoms with E-state index in [2.05, 4.69) is 25.8 Å². The molecule has 13 nitrogen and oxygen atoms in total. The average molecular weight is 821 g/mol. The van der Waals surface area contributed by atoms with Crippen LogP contribution in [0.15, 0.2) is 85.1 Å². The first-order valence-corrected chi connectivity index (χ1v) is 21.0. The molecule has 59 heavy (non-hydrogen) atoms. The largest absolute Gasteiger partial charge is 0.497 e. The number of pyridine rings is 1. The summed E-state index contributed by atoms with van der Waals surface area (Å²) in [4.78, 5) is 45.4. The van der Waals surface area contributed by atoms with E-state index < -0.39 is 22.7 Å². The Kier molecular flexibility index (Phi) is 13.8. The predicted octanol–water partition coefficient (Wildman–Crippen LogP) is 6.79. The summed E-state index contributed by atoms with van der Waals surface area (Å²) >= 11 is 0. The van der Waals surface area contributed by atoms with Gasteiger partial charge in [-0.05, 0) is 72.0 Å². The molecule has 0 saturated carbocycles. The number of ether oxygens (including phenoxy) is 3. The van der Waals surface area contributed by atoms with Gasteiger partial charge in [0.05, 0.1) is 32.0 Å². The fourth-order valence-electron chi connectivity index (χ4n) is 6.99. The third kappa shape index (κ3) is 11.4. The summed E-state index contributed by atoms with van der Waals surface area (Å²) in [6, 6.07) is 23.5. The number of benzene rings is 4. The molecule has 0 radical (unpaired) electrons. The summed E-state index contributed by atoms with van der Waals surface area (Å²) in [5, 5.41) is 10.4. The van der Waals surface area contributed by atoms with Crippen LogP contribution >= 0.6 is 0 Å². The molecule has 0 unspecified atom stereocenters. The van der Waals surface area contributed by atoms with Crippen LogP contribution in [0, 0.1) is 0 Å². The van der Waals surface area contributed by atoms with Crippen LogP contribution in [0.3, 0.4) is 0 Å². The second-order valence-electron chi connectivity index (χ2n) is 15.5. The number of nitrogens with zero attached hydrogens (tertiary/aromatic N) is 2. The monoisotopic (exact) mass is 820 g/mol. The van der Waals surface area contributed by atoms with Crippen molar-refractivity contribution in [1.29, 1.82) is 0 Å². The van der Waals surface area contributed by atoms with Gasteiger partial charge in [0.25, 0.3) is 5.91 Å². The van der Waals surface area contributed by atoms with E-state index in [0.717, 1.165) is 53.6 Å². The molecule has 1 aliphatic rings. The number of methoxy groups -OCH3 is 2. The molecular formula is C45H52N6O7S. The van der Waals surface area contributed by atoms with Crippen molar-refractivity contribution >= 4 is 50.8 Å². The number of aromatic nitrogens is 1. The number of primary amides is 1. The number of nitrogens with two attached hydrogens (primary N) is 1. The Morgan fingerprint density at radius 3 is 2.32 bits per heavy atom. The van der Waals surface area contributed by atoms with Crippen molar-refractivity contribution < 1.29 is 32.8 Å². The summed E-state index contributed by atoms with van der Waals surface area (Å²) in [6.45, 7) is 9.17. The minimum absolute atomic E-state index is 0.0396. The van der Waals surface area contributed by atoms with E-state index in [0.29, 0.717) is 70.0 Å². The molecule has 0 atom stereocenters. The molecule has 0 aliphatic carbocycles. The fraction of sp³-hybridized carbons (Fsp3) is 0.333. The normalized spacial score (nSPS) is 13.4. The van der Waals surface area contributed by atoms with Crippen molar-refractivity contribution in [3.05, 3.63) is 113 Å². The van der Waals surface area contributed by atoms with Crippen LogP contribution in [-0.4, -0.2) is 83.8 Å². The maximum Gasteiger partial charge on any atom is 0.323 e. The predicted molar refractivity (Wildman–Crippen MR) is 233 cm³/mol. The SMILES string of the molecule is COc1cc(Cc2cc(Oc3ccc(NC(=O)Nc4cc(C(C)(C)C)cc(CC(N)=O)c4OC)c4ccccc34)ccn2)cc(C(=O)NCCCN2CCS(=O)CC2)c1. The zero-order valence-corrected chi connectivity index (χ0v) is 35.0. The Balaban J connectivity index is 1.14. The molecule has 0 spiro atoms. The van der Waals surface area contributed by atoms with Crippen molar-refractivity contribution in [2.75, 3.05) is 62.5 Å². The molecule has 0 bridgehead atoms. The van der Waals surface area contributed by atoms with Gasteiger partial charge in [-0.1, -0.05) is 51.1 Å². The Bertz CT molecular complexity index is 2350. The van der Waals surface area contributed by atoms with Gasteiger partial charge in [-0.25, -0.2) is 4.79 Å². The van der Waals surface area contributed by atoms with Gasteiger partial charge in [0.15, 0.2) is 0 Å². The van der Waals surface area contributed by atoms with Crippen LogP contribution in [0.5, 0.6) is 23.0 Å². The van der Waals surface area contributed by atoms with Crippen molar-refractivity contribution in [3.8, 4) is 23.0 Å². The van der Waals surface area contributed by atoms with Gasteiger partial charge in [-0.3, -0.25) is 18.8 Å². The van der Waals surface area contributed by atoms with Crippen LogP contribution in [0.2, 0.25) is 0 Å². The number of carbonyl (C=O) groups is 3. The summed E-state index contributed by atoms with van der Waals surface area (Å²) in [7, 11) is 2.35. The lowest BCUT2D eigenvalue weighted by atomic mass is 9.85. The van der Waals surface area contributed by atoms with Crippen LogP contribution < -0.4 is 35.9 Å². The summed E-state index contributed by atoms with van der Waals surface area (Å²) in [6.07, 6.45) is 2.87. The van der Waals surface area contributed by atoms with Gasteiger partial charge >= 0.3 is 6.03 Å². The number of nitrogens with one attached hydrogen (secondary N) is 3. The third-order valence-electron chi connectivity index (χ3n) is 10.1. The van der Waals surface area contributed by atoms with Crippen molar-refractivity contribution in [3.63, 3.8) is 0 Å². The molecule has 5 N–H and O–H groups in total. The first-order valence-electron chi connectivity index (χ1n) is 19.6. The van der Waals surface area contributed by atoms with Crippen LogP contribution in [0.4, 0.5) is 16.2 Å². The van der Waals surface area contributed by atoms with Gasteiger partial charge in [0.1, 0.15) is 23.0 Å². The highest BCUT2D eigenvalue weighted by molar-refractivity contribution is 7.85. The second kappa shape index (κ2) is 19.2. The number of amides is 4. The molecular weight excluding hydrogens is 769 g/mol. The first kappa shape index (κ1) is 42.6. The van der Waals surface area contributed by atoms with Crippen LogP contribution in [-0.2, 0) is 33.9 Å². The highest BCUT2D eigenvalue weighted by Gasteiger charge is 2.22. The molecule has 310 valence electrons. The van der Waals surface area contributed by atoms with E-state index in [1.807, 2.05) is 75.4 Å². The van der Waals surface area contributed by atoms with Gasteiger partial charge in [-0.15, -0.1) is 0 Å². The third-order valence-corrected chi connectivity index (χ3v) is 11.3. The lowest BCUT2D eigenvalue weighted by Crippen LogP contribution is -2.39. The van der Waals surface area contributed by atoms with E-state index in [1.165, 1.54) is 7.11 Å². The molecule has 6 rings (SSSR count). The van der Waals surface area contributed by atoms with Gasteiger partial charge in [0, 0.05) is 88.2 Å². The minimum atomic E-state index is -0.709. The molecule has 14 heteroatoms. The molecule has 1 aliphatic heterocycles. The highest BCUT2D eigenvalue weighted by atomic mass is 32.2. The first-order chi connectivity index (χ1) is 28.3. The second-order valence-corrected chi connectivity index (χ2v) is 17.2. The zero-order chi connectivity index (χ0) is 42.1. The van der Waals surface area contributed by atoms with Crippen LogP contribution in [0.1, 0.15) is 59.9 Å². The van der Waals surface area contributed by atoms with Gasteiger partial charge in [-0.2, -0.15) is 0 Å². The average Bonchev–Trinajstić information content (AvgIpc) is 3.20. The lowest BCUT2D eigenvalue weighted by molar-refractivity contribution is -0.117. The standard InChI is InChI=1S/C45H52N6O7S/c1-45(2,3)32-24-30(26-41(46)52)42(57-5)39(27-32)50-44(54)49-38-11-12-40(37-10-7-6-9-36(37)38)58-34-13-15-47-33(28-34)22-29-21-31(25-35(23-29)56-4)43(53)48-14-8-16-51-17-19-59(55)20-18-51/h6-7,9-13,15,21,23-25,27-28H,8,14,16-20,22,26H2,1-5H3,(H2,46,52)(H,48,53)(H2,49,50,54). The van der Waals surface area contributed by atoms with Crippen molar-refractivity contribution in [1.82, 2.24) is 15.2 Å². The lowest BCUT2D eigenvalue weighted by Gasteiger charge is -2.25. The maximum atomic E-state index is 13.5. The number of rotatable bonds is 15. The number of anilines is 2. The van der Waals surface area contributed by atoms with E-state index in [4.69, 9.17) is 19.9 Å². The zero-order valence-electron chi connectivity index (χ0n) is 34.2. The minimum Gasteiger partial charge on any atom is -0.497 e. The maximum absolute atomic E-state index is 13.5. The quantitative estimate of drug-likeness (QED) is 0.0830. The topological polar surface area (TPSA) is 174 Å². The Labute approximate surface area is 347 Å². The summed E-state index contributed by atoms with van der Waals surface area (Å²) in [5.74, 6) is 2.82. The Morgan fingerprint density at radius 2 is 1.61 bits per heavy atom.